The van der Waals surface area contributed by atoms with Gasteiger partial charge in [0.05, 0.1) is 28.5 Å². The molecule has 324 valence electrons. The number of aliphatic carboxylic acids is 2. The first-order valence-corrected chi connectivity index (χ1v) is 19.8. The van der Waals surface area contributed by atoms with Gasteiger partial charge in [-0.1, -0.05) is 72.8 Å². The summed E-state index contributed by atoms with van der Waals surface area (Å²) < 4.78 is 65.9. The van der Waals surface area contributed by atoms with Crippen molar-refractivity contribution >= 4 is 45.3 Å². The molecule has 0 amide bonds. The van der Waals surface area contributed by atoms with Gasteiger partial charge in [-0.05, 0) is 64.7 Å². The molecule has 0 saturated heterocycles. The van der Waals surface area contributed by atoms with Gasteiger partial charge in [0, 0.05) is 59.7 Å². The van der Waals surface area contributed by atoms with Crippen molar-refractivity contribution in [1.82, 2.24) is 9.97 Å². The van der Waals surface area contributed by atoms with Crippen LogP contribution in [0.5, 0.6) is 11.5 Å². The van der Waals surface area contributed by atoms with Crippen LogP contribution in [0.4, 0.5) is 17.6 Å². The zero-order valence-corrected chi connectivity index (χ0v) is 33.7. The van der Waals surface area contributed by atoms with Gasteiger partial charge >= 0.3 is 11.9 Å². The van der Waals surface area contributed by atoms with Crippen molar-refractivity contribution in [3.8, 4) is 11.5 Å². The van der Waals surface area contributed by atoms with E-state index in [0.717, 1.165) is 35.4 Å². The van der Waals surface area contributed by atoms with Gasteiger partial charge in [0.2, 0.25) is 0 Å². The lowest BCUT2D eigenvalue weighted by Crippen LogP contribution is -2.17. The van der Waals surface area contributed by atoms with Crippen LogP contribution in [0.15, 0.2) is 146 Å². The molecule has 14 heteroatoms. The number of carboxylic acids is 2. The van der Waals surface area contributed by atoms with E-state index in [-0.39, 0.29) is 11.1 Å². The highest BCUT2D eigenvalue weighted by atomic mass is 19.1. The Morgan fingerprint density at radius 3 is 1.58 bits per heavy atom. The fourth-order valence-electron chi connectivity index (χ4n) is 7.22. The number of carbonyl (C=O) groups is 4. The number of para-hydroxylation sites is 1. The highest BCUT2D eigenvalue weighted by Crippen LogP contribution is 2.35. The topological polar surface area (TPSA) is 159 Å². The number of hydrogen-bond donors (Lipinski definition) is 4. The minimum absolute atomic E-state index is 0.332. The molecule has 8 rings (SSSR count). The van der Waals surface area contributed by atoms with Gasteiger partial charge in [0.15, 0.2) is 11.6 Å². The van der Waals surface area contributed by atoms with E-state index in [4.69, 9.17) is 9.47 Å². The maximum atomic E-state index is 14.0. The first-order valence-electron chi connectivity index (χ1n) is 19.8. The Balaban J connectivity index is 0.000000191. The average molecular weight is 871 g/mol. The van der Waals surface area contributed by atoms with Gasteiger partial charge in [-0.25, -0.2) is 17.6 Å². The second-order valence-electron chi connectivity index (χ2n) is 14.7. The van der Waals surface area contributed by atoms with Crippen LogP contribution in [-0.2, 0) is 22.8 Å². The van der Waals surface area contributed by atoms with E-state index in [1.54, 1.807) is 36.4 Å². The van der Waals surface area contributed by atoms with Crippen molar-refractivity contribution in [2.45, 2.75) is 37.9 Å². The molecule has 2 atom stereocenters. The Morgan fingerprint density at radius 2 is 1.05 bits per heavy atom. The number of aromatic nitrogens is 2. The third-order valence-electron chi connectivity index (χ3n) is 10.5. The van der Waals surface area contributed by atoms with Gasteiger partial charge in [-0.3, -0.25) is 19.2 Å². The summed E-state index contributed by atoms with van der Waals surface area (Å²) >= 11 is 0. The Hall–Kier alpha value is -8.00. The predicted molar refractivity (Wildman–Crippen MR) is 230 cm³/mol. The van der Waals surface area contributed by atoms with Gasteiger partial charge in [0.25, 0.3) is 0 Å². The minimum atomic E-state index is -1.22. The molecule has 0 spiro atoms. The molecule has 0 radical (unpaired) electrons. The molecule has 0 bridgehead atoms. The normalized spacial score (nSPS) is 11.9. The number of H-pyrrole nitrogens is 2. The maximum Gasteiger partial charge on any atom is 0.311 e. The van der Waals surface area contributed by atoms with Crippen molar-refractivity contribution in [3.05, 3.63) is 203 Å². The summed E-state index contributed by atoms with van der Waals surface area (Å²) in [6, 6.07) is 34.9. The third kappa shape index (κ3) is 10.4. The number of nitrogens with one attached hydrogen (secondary N) is 2. The summed E-state index contributed by atoms with van der Waals surface area (Å²) in [4.78, 5) is 55.1. The summed E-state index contributed by atoms with van der Waals surface area (Å²) in [7, 11) is 0. The fraction of sp³-hybridized carbons (Fsp3) is 0.120. The minimum Gasteiger partial charge on any atom is -0.489 e. The molecule has 64 heavy (non-hydrogen) atoms. The number of ether oxygens (including phenoxy) is 2. The SMILES string of the molecule is O=C(CC(C(=O)O)c1c[nH]c2c(OCc3ccccc3)cccc12)c1ccc(F)cc1F.O=C(CC(C(=O)O)c1c[nH]c2cc(OCc3ccccc3)ccc12)c1ccc(F)cc1F. The van der Waals surface area contributed by atoms with E-state index in [9.17, 15) is 47.0 Å². The molecule has 10 nitrogen and oxygen atoms in total. The lowest BCUT2D eigenvalue weighted by atomic mass is 9.91. The largest absolute Gasteiger partial charge is 0.489 e. The smallest absolute Gasteiger partial charge is 0.311 e. The quantitative estimate of drug-likeness (QED) is 0.0552. The highest BCUT2D eigenvalue weighted by Gasteiger charge is 2.29. The Kier molecular flexibility index (Phi) is 13.6. The lowest BCUT2D eigenvalue weighted by Gasteiger charge is -2.12. The monoisotopic (exact) mass is 870 g/mol. The summed E-state index contributed by atoms with van der Waals surface area (Å²) in [6.45, 7) is 0.717. The molecule has 0 saturated carbocycles. The molecule has 2 unspecified atom stereocenters. The zero-order valence-electron chi connectivity index (χ0n) is 33.7. The third-order valence-corrected chi connectivity index (χ3v) is 10.5. The Bertz CT molecular complexity index is 2970. The number of carboxylic acid groups (broad SMARTS) is 2. The van der Waals surface area contributed by atoms with Crippen LogP contribution < -0.4 is 9.47 Å². The van der Waals surface area contributed by atoms with Crippen molar-refractivity contribution < 1.29 is 56.4 Å². The van der Waals surface area contributed by atoms with Crippen LogP contribution in [0.1, 0.15) is 67.6 Å². The van der Waals surface area contributed by atoms with E-state index < -0.39 is 71.5 Å². The van der Waals surface area contributed by atoms with Crippen LogP contribution in [0.25, 0.3) is 21.8 Å². The number of ketones is 2. The van der Waals surface area contributed by atoms with E-state index in [2.05, 4.69) is 9.97 Å². The van der Waals surface area contributed by atoms with Crippen LogP contribution in [0.3, 0.4) is 0 Å². The molecule has 0 aliphatic heterocycles. The Morgan fingerprint density at radius 1 is 0.531 bits per heavy atom. The summed E-state index contributed by atoms with van der Waals surface area (Å²) in [5.74, 6) is -8.81. The molecular weight excluding hydrogens is 833 g/mol. The molecule has 0 fully saturated rings. The molecule has 2 heterocycles. The molecule has 4 N–H and O–H groups in total. The summed E-state index contributed by atoms with van der Waals surface area (Å²) in [5, 5.41) is 20.7. The molecule has 6 aromatic carbocycles. The number of benzene rings is 6. The standard InChI is InChI=1S/2C25H19F2NO4/c26-16-9-10-18(21(27)11-16)22(29)12-19(25(30)31)20-13-28-24-17(20)7-4-8-23(24)32-14-15-5-2-1-3-6-15;26-16-6-8-19(22(27)10-16)24(29)12-20(25(30)31)21-13-28-23-11-17(7-9-18(21)23)32-14-15-4-2-1-3-5-15/h1-11,13,19,28H,12,14H2,(H,30,31);1-11,13,20,28H,12,14H2,(H,30,31). The molecule has 2 aromatic heterocycles. The van der Waals surface area contributed by atoms with Crippen molar-refractivity contribution in [3.63, 3.8) is 0 Å². The highest BCUT2D eigenvalue weighted by molar-refractivity contribution is 6.02. The number of carbonyl (C=O) groups excluding carboxylic acids is 2. The van der Waals surface area contributed by atoms with E-state index in [0.29, 0.717) is 69.8 Å². The lowest BCUT2D eigenvalue weighted by molar-refractivity contribution is -0.139. The van der Waals surface area contributed by atoms with Gasteiger partial charge < -0.3 is 29.7 Å². The number of Topliss-reactive ketones (excluding diaryl/α,β-unsaturated/α-hetero) is 2. The van der Waals surface area contributed by atoms with Crippen molar-refractivity contribution in [1.29, 1.82) is 0 Å². The molecular formula is C50H38F4N2O8. The van der Waals surface area contributed by atoms with Crippen LogP contribution >= 0.6 is 0 Å². The fourth-order valence-corrected chi connectivity index (χ4v) is 7.22. The van der Waals surface area contributed by atoms with E-state index in [1.165, 1.54) is 12.4 Å². The maximum absolute atomic E-state index is 14.0. The second-order valence-corrected chi connectivity index (χ2v) is 14.7. The van der Waals surface area contributed by atoms with E-state index in [1.807, 2.05) is 60.7 Å². The zero-order chi connectivity index (χ0) is 45.3. The first-order chi connectivity index (χ1) is 30.9. The number of fused-ring (bicyclic) bond motifs is 2. The van der Waals surface area contributed by atoms with Crippen molar-refractivity contribution in [2.24, 2.45) is 0 Å². The van der Waals surface area contributed by atoms with Gasteiger partial charge in [-0.15, -0.1) is 0 Å². The molecule has 8 aromatic rings. The van der Waals surface area contributed by atoms with Crippen molar-refractivity contribution in [2.75, 3.05) is 0 Å². The summed E-state index contributed by atoms with van der Waals surface area (Å²) in [5.41, 5.74) is 3.34. The number of aromatic amines is 2. The first kappa shape index (κ1) is 44.1. The van der Waals surface area contributed by atoms with Gasteiger partial charge in [0.1, 0.15) is 48.0 Å². The summed E-state index contributed by atoms with van der Waals surface area (Å²) in [6.07, 6.45) is 2.11. The van der Waals surface area contributed by atoms with Crippen LogP contribution in [0.2, 0.25) is 0 Å². The van der Waals surface area contributed by atoms with E-state index >= 15 is 0 Å². The number of halogens is 4. The van der Waals surface area contributed by atoms with Crippen LogP contribution in [-0.4, -0.2) is 43.7 Å². The number of rotatable bonds is 16. The van der Waals surface area contributed by atoms with Gasteiger partial charge in [-0.2, -0.15) is 0 Å². The van der Waals surface area contributed by atoms with Crippen LogP contribution in [0, 0.1) is 23.3 Å². The predicted octanol–water partition coefficient (Wildman–Crippen LogP) is 10.9. The Labute approximate surface area is 362 Å². The molecule has 0 aliphatic carbocycles. The molecule has 0 aliphatic rings. The number of hydrogen-bond acceptors (Lipinski definition) is 6. The second kappa shape index (κ2) is 19.8. The average Bonchev–Trinajstić information content (AvgIpc) is 3.91.